The van der Waals surface area contributed by atoms with Crippen molar-refractivity contribution < 1.29 is 0 Å². The predicted molar refractivity (Wildman–Crippen MR) is 139 cm³/mol. The molecule has 1 saturated heterocycles. The molecule has 170 valence electrons. The normalized spacial score (nSPS) is 14.9. The van der Waals surface area contributed by atoms with Gasteiger partial charge in [-0.15, -0.1) is 0 Å². The van der Waals surface area contributed by atoms with Crippen LogP contribution >= 0.6 is 12.2 Å². The molecule has 0 saturated carbocycles. The lowest BCUT2D eigenvalue weighted by Crippen LogP contribution is -2.31. The van der Waals surface area contributed by atoms with E-state index in [-0.39, 0.29) is 0 Å². The van der Waals surface area contributed by atoms with Gasteiger partial charge in [-0.2, -0.15) is 9.97 Å². The molecule has 0 aliphatic carbocycles. The first kappa shape index (κ1) is 21.6. The Morgan fingerprint density at radius 1 is 0.848 bits per heavy atom. The lowest BCUT2D eigenvalue weighted by atomic mass is 10.1. The minimum absolute atomic E-state index is 0.561. The minimum atomic E-state index is 0.561. The van der Waals surface area contributed by atoms with Gasteiger partial charge in [0.1, 0.15) is 11.6 Å². The van der Waals surface area contributed by atoms with Gasteiger partial charge in [-0.1, -0.05) is 54.6 Å². The number of hydrogen-bond acceptors (Lipinski definition) is 5. The van der Waals surface area contributed by atoms with Crippen LogP contribution in [-0.4, -0.2) is 34.7 Å². The maximum Gasteiger partial charge on any atom is 0.232 e. The second-order valence-electron chi connectivity index (χ2n) is 8.70. The second-order valence-corrected chi connectivity index (χ2v) is 9.11. The topological polar surface area (TPSA) is 56.3 Å². The van der Waals surface area contributed by atoms with Crippen molar-refractivity contribution >= 4 is 34.9 Å². The van der Waals surface area contributed by atoms with Gasteiger partial charge >= 0.3 is 0 Å². The third kappa shape index (κ3) is 5.42. The molecular formula is C26H30N6S. The van der Waals surface area contributed by atoms with Gasteiger partial charge in [0, 0.05) is 38.8 Å². The third-order valence-corrected chi connectivity index (χ3v) is 6.54. The zero-order valence-electron chi connectivity index (χ0n) is 18.8. The van der Waals surface area contributed by atoms with Gasteiger partial charge in [0.05, 0.1) is 0 Å². The Bertz CT molecular complexity index is 1070. The summed E-state index contributed by atoms with van der Waals surface area (Å²) in [5.74, 6) is 2.48. The number of nitrogens with zero attached hydrogens (tertiary/aromatic N) is 4. The first-order valence-electron chi connectivity index (χ1n) is 11.8. The van der Waals surface area contributed by atoms with E-state index >= 15 is 0 Å². The third-order valence-electron chi connectivity index (χ3n) is 6.29. The number of benzene rings is 2. The number of nitrogens with one attached hydrogen (secondary N) is 2. The van der Waals surface area contributed by atoms with Gasteiger partial charge in [-0.25, -0.2) is 0 Å². The van der Waals surface area contributed by atoms with E-state index in [4.69, 9.17) is 22.2 Å². The molecule has 1 aromatic heterocycles. The first-order chi connectivity index (χ1) is 16.2. The van der Waals surface area contributed by atoms with Crippen LogP contribution in [0.15, 0.2) is 60.7 Å². The van der Waals surface area contributed by atoms with Gasteiger partial charge in [0.25, 0.3) is 0 Å². The Hall–Kier alpha value is -3.19. The van der Waals surface area contributed by atoms with Crippen LogP contribution in [0.3, 0.4) is 0 Å². The van der Waals surface area contributed by atoms with Crippen LogP contribution in [0, 0.1) is 0 Å². The van der Waals surface area contributed by atoms with Crippen molar-refractivity contribution in [2.24, 2.45) is 0 Å². The van der Waals surface area contributed by atoms with E-state index in [2.05, 4.69) is 75.0 Å². The molecule has 0 radical (unpaired) electrons. The minimum Gasteiger partial charge on any atom is -0.362 e. The number of rotatable bonds is 7. The fourth-order valence-corrected chi connectivity index (χ4v) is 4.72. The smallest absolute Gasteiger partial charge is 0.232 e. The number of aromatic nitrogens is 2. The summed E-state index contributed by atoms with van der Waals surface area (Å²) in [6.07, 6.45) is 4.45. The highest BCUT2D eigenvalue weighted by Gasteiger charge is 2.23. The molecule has 6 nitrogen and oxygen atoms in total. The predicted octanol–water partition coefficient (Wildman–Crippen LogP) is 4.52. The Morgan fingerprint density at radius 2 is 1.48 bits per heavy atom. The van der Waals surface area contributed by atoms with Crippen LogP contribution in [0.25, 0.3) is 0 Å². The van der Waals surface area contributed by atoms with E-state index in [0.29, 0.717) is 11.1 Å². The van der Waals surface area contributed by atoms with E-state index in [1.54, 1.807) is 0 Å². The van der Waals surface area contributed by atoms with Crippen LogP contribution in [0.2, 0.25) is 0 Å². The molecule has 2 aliphatic heterocycles. The quantitative estimate of drug-likeness (QED) is 0.399. The van der Waals surface area contributed by atoms with Crippen molar-refractivity contribution in [3.63, 3.8) is 0 Å². The highest BCUT2D eigenvalue weighted by atomic mass is 32.1. The molecule has 7 heteroatoms. The van der Waals surface area contributed by atoms with Crippen molar-refractivity contribution in [1.29, 1.82) is 0 Å². The molecule has 0 atom stereocenters. The SMILES string of the molecule is S=C(NCCCc1ccccc1)Nc1nc(N2CCCC2)cc(N2Cc3ccccc3C2)n1. The van der Waals surface area contributed by atoms with Gasteiger partial charge in [0.15, 0.2) is 5.11 Å². The lowest BCUT2D eigenvalue weighted by molar-refractivity contribution is 0.776. The molecule has 33 heavy (non-hydrogen) atoms. The number of anilines is 3. The van der Waals surface area contributed by atoms with E-state index in [9.17, 15) is 0 Å². The Kier molecular flexibility index (Phi) is 6.67. The fourth-order valence-electron chi connectivity index (χ4n) is 4.53. The summed E-state index contributed by atoms with van der Waals surface area (Å²) in [6, 6.07) is 21.3. The summed E-state index contributed by atoms with van der Waals surface area (Å²) < 4.78 is 0. The Labute approximate surface area is 201 Å². The molecule has 0 unspecified atom stereocenters. The summed E-state index contributed by atoms with van der Waals surface area (Å²) in [7, 11) is 0. The fraction of sp³-hybridized carbons (Fsp3) is 0.346. The van der Waals surface area contributed by atoms with E-state index in [1.807, 2.05) is 6.07 Å². The van der Waals surface area contributed by atoms with Crippen molar-refractivity contribution in [2.45, 2.75) is 38.8 Å². The monoisotopic (exact) mass is 458 g/mol. The van der Waals surface area contributed by atoms with Crippen molar-refractivity contribution in [3.8, 4) is 0 Å². The summed E-state index contributed by atoms with van der Waals surface area (Å²) in [5, 5.41) is 7.11. The maximum atomic E-state index is 5.55. The average molecular weight is 459 g/mol. The molecule has 2 aliphatic rings. The molecule has 5 rings (SSSR count). The molecular weight excluding hydrogens is 428 g/mol. The van der Waals surface area contributed by atoms with Crippen LogP contribution in [0.4, 0.5) is 17.6 Å². The summed E-state index contributed by atoms with van der Waals surface area (Å²) >= 11 is 5.55. The first-order valence-corrected chi connectivity index (χ1v) is 12.2. The zero-order chi connectivity index (χ0) is 22.5. The molecule has 1 fully saturated rings. The largest absolute Gasteiger partial charge is 0.362 e. The Balaban J connectivity index is 1.25. The second kappa shape index (κ2) is 10.2. The van der Waals surface area contributed by atoms with Gasteiger partial charge in [0.2, 0.25) is 5.95 Å². The van der Waals surface area contributed by atoms with Gasteiger partial charge in [-0.05, 0) is 54.6 Å². The molecule has 3 aromatic rings. The highest BCUT2D eigenvalue weighted by Crippen LogP contribution is 2.30. The molecule has 3 heterocycles. The summed E-state index contributed by atoms with van der Waals surface area (Å²) in [5.41, 5.74) is 4.07. The van der Waals surface area contributed by atoms with Crippen LogP contribution in [0.5, 0.6) is 0 Å². The van der Waals surface area contributed by atoms with Gasteiger partial charge < -0.3 is 20.4 Å². The van der Waals surface area contributed by atoms with E-state index in [0.717, 1.165) is 57.2 Å². The van der Waals surface area contributed by atoms with Crippen LogP contribution in [-0.2, 0) is 19.5 Å². The van der Waals surface area contributed by atoms with Gasteiger partial charge in [-0.3, -0.25) is 0 Å². The van der Waals surface area contributed by atoms with E-state index in [1.165, 1.54) is 29.5 Å². The van der Waals surface area contributed by atoms with Crippen molar-refractivity contribution in [3.05, 3.63) is 77.4 Å². The number of fused-ring (bicyclic) bond motifs is 1. The van der Waals surface area contributed by atoms with Crippen molar-refractivity contribution in [2.75, 3.05) is 34.8 Å². The molecule has 0 amide bonds. The summed E-state index contributed by atoms with van der Waals surface area (Å²) in [4.78, 5) is 14.3. The van der Waals surface area contributed by atoms with E-state index < -0.39 is 0 Å². The molecule has 2 N–H and O–H groups in total. The van der Waals surface area contributed by atoms with Crippen molar-refractivity contribution in [1.82, 2.24) is 15.3 Å². The maximum absolute atomic E-state index is 5.55. The highest BCUT2D eigenvalue weighted by molar-refractivity contribution is 7.80. The number of aryl methyl sites for hydroxylation is 1. The summed E-state index contributed by atoms with van der Waals surface area (Å²) in [6.45, 7) is 4.62. The lowest BCUT2D eigenvalue weighted by Gasteiger charge is -2.22. The van der Waals surface area contributed by atoms with Crippen LogP contribution < -0.4 is 20.4 Å². The average Bonchev–Trinajstić information content (AvgIpc) is 3.53. The van der Waals surface area contributed by atoms with Crippen LogP contribution in [0.1, 0.15) is 36.0 Å². The molecule has 0 spiro atoms. The number of hydrogen-bond donors (Lipinski definition) is 2. The number of thiocarbonyl (C=S) groups is 1. The standard InChI is InChI=1S/C26H30N6S/c33-26(27-14-8-11-20-9-2-1-3-10-20)30-25-28-23(31-15-6-7-16-31)17-24(29-25)32-18-21-12-4-5-13-22(21)19-32/h1-5,9-10,12-13,17H,6-8,11,14-16,18-19H2,(H2,27,28,29,30,33). The zero-order valence-corrected chi connectivity index (χ0v) is 19.7. The molecule has 0 bridgehead atoms. The Morgan fingerprint density at radius 3 is 2.18 bits per heavy atom. The molecule has 2 aromatic carbocycles.